The van der Waals surface area contributed by atoms with Crippen molar-refractivity contribution in [2.75, 3.05) is 12.0 Å². The molecule has 0 unspecified atom stereocenters. The molecule has 29 heavy (non-hydrogen) atoms. The summed E-state index contributed by atoms with van der Waals surface area (Å²) < 4.78 is 10.8. The summed E-state index contributed by atoms with van der Waals surface area (Å²) in [4.78, 5) is 23.3. The van der Waals surface area contributed by atoms with Crippen LogP contribution in [0.2, 0.25) is 0 Å². The molecule has 0 saturated carbocycles. The molecule has 0 aliphatic rings. The van der Waals surface area contributed by atoms with Gasteiger partial charge in [-0.05, 0) is 39.3 Å². The second kappa shape index (κ2) is 7.95. The third-order valence-corrected chi connectivity index (χ3v) is 4.40. The molecule has 152 valence electrons. The van der Waals surface area contributed by atoms with Gasteiger partial charge in [-0.25, -0.2) is 14.8 Å². The van der Waals surface area contributed by atoms with E-state index < -0.39 is 11.7 Å². The van der Waals surface area contributed by atoms with Gasteiger partial charge >= 0.3 is 6.09 Å². The second-order valence-corrected chi connectivity index (χ2v) is 7.68. The Bertz CT molecular complexity index is 1020. The average Bonchev–Trinajstić information content (AvgIpc) is 2.67. The highest BCUT2D eigenvalue weighted by Crippen LogP contribution is 2.37. The fraction of sp³-hybridized carbons (Fsp3) is 0.318. The van der Waals surface area contributed by atoms with Crippen LogP contribution in [-0.2, 0) is 4.74 Å². The molecule has 2 aromatic carbocycles. The Hall–Kier alpha value is -3.35. The predicted octanol–water partition coefficient (Wildman–Crippen LogP) is 4.85. The van der Waals surface area contributed by atoms with Gasteiger partial charge in [0.05, 0.1) is 18.7 Å². The lowest BCUT2D eigenvalue weighted by atomic mass is 10.1. The minimum absolute atomic E-state index is 0.0625. The molecule has 0 fully saturated rings. The van der Waals surface area contributed by atoms with E-state index in [0.717, 1.165) is 5.56 Å². The van der Waals surface area contributed by atoms with Gasteiger partial charge in [-0.2, -0.15) is 0 Å². The van der Waals surface area contributed by atoms with Gasteiger partial charge < -0.3 is 14.6 Å². The van der Waals surface area contributed by atoms with E-state index in [0.29, 0.717) is 22.5 Å². The van der Waals surface area contributed by atoms with E-state index >= 15 is 0 Å². The Labute approximate surface area is 169 Å². The lowest BCUT2D eigenvalue weighted by Gasteiger charge is -2.31. The molecule has 3 aromatic rings. The topological polar surface area (TPSA) is 84.8 Å². The van der Waals surface area contributed by atoms with E-state index in [-0.39, 0.29) is 11.8 Å². The van der Waals surface area contributed by atoms with Crippen LogP contribution in [0.4, 0.5) is 10.6 Å². The van der Waals surface area contributed by atoms with Gasteiger partial charge in [0.25, 0.3) is 0 Å². The Morgan fingerprint density at radius 1 is 1.14 bits per heavy atom. The largest absolute Gasteiger partial charge is 0.504 e. The van der Waals surface area contributed by atoms with Gasteiger partial charge in [-0.3, -0.25) is 4.90 Å². The summed E-state index contributed by atoms with van der Waals surface area (Å²) in [5.41, 5.74) is 0.779. The number of phenolic OH excluding ortho intramolecular Hbond substituents is 1. The maximum absolute atomic E-state index is 13.2. The predicted molar refractivity (Wildman–Crippen MR) is 111 cm³/mol. The number of amides is 1. The molecule has 0 aliphatic carbocycles. The van der Waals surface area contributed by atoms with Crippen LogP contribution in [0.25, 0.3) is 10.9 Å². The van der Waals surface area contributed by atoms with Crippen molar-refractivity contribution in [2.24, 2.45) is 0 Å². The van der Waals surface area contributed by atoms with Gasteiger partial charge in [0, 0.05) is 11.5 Å². The number of hydrogen-bond acceptors (Lipinski definition) is 6. The van der Waals surface area contributed by atoms with E-state index in [9.17, 15) is 9.90 Å². The Morgan fingerprint density at radius 3 is 2.45 bits per heavy atom. The molecule has 7 heteroatoms. The fourth-order valence-electron chi connectivity index (χ4n) is 3.03. The van der Waals surface area contributed by atoms with Crippen molar-refractivity contribution in [2.45, 2.75) is 39.3 Å². The third kappa shape index (κ3) is 4.39. The maximum atomic E-state index is 13.2. The van der Waals surface area contributed by atoms with Gasteiger partial charge in [0.2, 0.25) is 0 Å². The molecule has 0 aliphatic heterocycles. The first-order valence-electron chi connectivity index (χ1n) is 9.30. The number of ether oxygens (including phenoxy) is 2. The number of rotatable bonds is 4. The van der Waals surface area contributed by atoms with Gasteiger partial charge in [0.15, 0.2) is 11.5 Å². The number of nitrogens with zero attached hydrogens (tertiary/aromatic N) is 3. The number of methoxy groups -OCH3 is 1. The summed E-state index contributed by atoms with van der Waals surface area (Å²) >= 11 is 0. The Morgan fingerprint density at radius 2 is 1.83 bits per heavy atom. The quantitative estimate of drug-likeness (QED) is 0.680. The SMILES string of the molecule is COc1cc2ncnc(N(C(=O)OC(C)(C)C)[C@@H](C)c3ccccc3)c2cc1O. The van der Waals surface area contributed by atoms with Crippen molar-refractivity contribution in [1.82, 2.24) is 9.97 Å². The first kappa shape index (κ1) is 20.4. The van der Waals surface area contributed by atoms with Crippen LogP contribution < -0.4 is 9.64 Å². The van der Waals surface area contributed by atoms with Gasteiger partial charge in [-0.15, -0.1) is 0 Å². The molecule has 0 radical (unpaired) electrons. The number of carbonyl (C=O) groups is 1. The van der Waals surface area contributed by atoms with E-state index in [2.05, 4.69) is 9.97 Å². The van der Waals surface area contributed by atoms with Crippen molar-refractivity contribution < 1.29 is 19.4 Å². The van der Waals surface area contributed by atoms with Gasteiger partial charge in [-0.1, -0.05) is 30.3 Å². The lowest BCUT2D eigenvalue weighted by molar-refractivity contribution is 0.0566. The highest BCUT2D eigenvalue weighted by Gasteiger charge is 2.31. The van der Waals surface area contributed by atoms with Crippen LogP contribution in [0.1, 0.15) is 39.3 Å². The van der Waals surface area contributed by atoms with Crippen LogP contribution >= 0.6 is 0 Å². The molecule has 1 heterocycles. The van der Waals surface area contributed by atoms with E-state index in [4.69, 9.17) is 9.47 Å². The smallest absolute Gasteiger partial charge is 0.416 e. The van der Waals surface area contributed by atoms with Crippen molar-refractivity contribution in [3.8, 4) is 11.5 Å². The number of phenols is 1. The number of anilines is 1. The summed E-state index contributed by atoms with van der Waals surface area (Å²) in [6.07, 6.45) is 0.840. The number of aromatic nitrogens is 2. The van der Waals surface area contributed by atoms with E-state index in [1.54, 1.807) is 6.07 Å². The van der Waals surface area contributed by atoms with E-state index in [1.165, 1.54) is 24.4 Å². The highest BCUT2D eigenvalue weighted by molar-refractivity contribution is 5.99. The zero-order valence-corrected chi connectivity index (χ0v) is 17.2. The average molecular weight is 395 g/mol. The standard InChI is InChI=1S/C22H25N3O4/c1-14(15-9-7-6-8-10-15)25(21(27)29-22(2,3)4)20-16-11-18(26)19(28-5)12-17(16)23-13-24-20/h6-14,26H,1-5H3/t14-/m0/s1. The minimum Gasteiger partial charge on any atom is -0.504 e. The zero-order chi connectivity index (χ0) is 21.2. The minimum atomic E-state index is -0.681. The Kier molecular flexibility index (Phi) is 5.59. The molecule has 1 atom stereocenters. The van der Waals surface area contributed by atoms with Crippen LogP contribution in [0.5, 0.6) is 11.5 Å². The van der Waals surface area contributed by atoms with Crippen LogP contribution in [-0.4, -0.2) is 33.9 Å². The molecule has 1 N–H and O–H groups in total. The molecule has 3 rings (SSSR count). The third-order valence-electron chi connectivity index (χ3n) is 4.40. The van der Waals surface area contributed by atoms with Crippen LogP contribution in [0.3, 0.4) is 0 Å². The van der Waals surface area contributed by atoms with Crippen molar-refractivity contribution >= 4 is 22.8 Å². The zero-order valence-electron chi connectivity index (χ0n) is 17.2. The molecule has 0 spiro atoms. The summed E-state index contributed by atoms with van der Waals surface area (Å²) in [5, 5.41) is 10.8. The summed E-state index contributed by atoms with van der Waals surface area (Å²) in [5.74, 6) is 0.577. The summed E-state index contributed by atoms with van der Waals surface area (Å²) in [6.45, 7) is 7.33. The molecule has 7 nitrogen and oxygen atoms in total. The van der Waals surface area contributed by atoms with Gasteiger partial charge in [0.1, 0.15) is 17.7 Å². The molecular formula is C22H25N3O4. The monoisotopic (exact) mass is 395 g/mol. The normalized spacial score (nSPS) is 12.4. The Balaban J connectivity index is 2.18. The first-order chi connectivity index (χ1) is 13.7. The van der Waals surface area contributed by atoms with Crippen molar-refractivity contribution in [3.05, 3.63) is 54.4 Å². The maximum Gasteiger partial charge on any atom is 0.416 e. The van der Waals surface area contributed by atoms with E-state index in [1.807, 2.05) is 58.0 Å². The second-order valence-electron chi connectivity index (χ2n) is 7.68. The number of benzene rings is 2. The number of hydrogen-bond donors (Lipinski definition) is 1. The molecule has 1 amide bonds. The molecular weight excluding hydrogens is 370 g/mol. The molecule has 1 aromatic heterocycles. The number of carbonyl (C=O) groups excluding carboxylic acids is 1. The summed E-state index contributed by atoms with van der Waals surface area (Å²) in [6, 6.07) is 12.3. The molecule has 0 saturated heterocycles. The number of fused-ring (bicyclic) bond motifs is 1. The lowest BCUT2D eigenvalue weighted by Crippen LogP contribution is -2.39. The van der Waals surface area contributed by atoms with Crippen molar-refractivity contribution in [1.29, 1.82) is 0 Å². The van der Waals surface area contributed by atoms with Crippen molar-refractivity contribution in [3.63, 3.8) is 0 Å². The van der Waals surface area contributed by atoms with Crippen LogP contribution in [0.15, 0.2) is 48.8 Å². The highest BCUT2D eigenvalue weighted by atomic mass is 16.6. The van der Waals surface area contributed by atoms with Crippen LogP contribution in [0, 0.1) is 0 Å². The summed E-state index contributed by atoms with van der Waals surface area (Å²) in [7, 11) is 1.47. The fourth-order valence-corrected chi connectivity index (χ4v) is 3.03. The first-order valence-corrected chi connectivity index (χ1v) is 9.30. The number of aromatic hydroxyl groups is 1. The molecule has 0 bridgehead atoms.